The Bertz CT molecular complexity index is 735. The topological polar surface area (TPSA) is 45.5 Å². The van der Waals surface area contributed by atoms with Gasteiger partial charge < -0.3 is 10.2 Å². The van der Waals surface area contributed by atoms with Gasteiger partial charge >= 0.3 is 0 Å². The first-order valence-corrected chi connectivity index (χ1v) is 8.65. The predicted molar refractivity (Wildman–Crippen MR) is 100 cm³/mol. The lowest BCUT2D eigenvalue weighted by Crippen LogP contribution is -2.38. The van der Waals surface area contributed by atoms with Crippen molar-refractivity contribution in [2.75, 3.05) is 20.1 Å². The minimum Gasteiger partial charge on any atom is -0.357 e. The summed E-state index contributed by atoms with van der Waals surface area (Å²) in [5.74, 6) is 0.612. The Morgan fingerprint density at radius 3 is 2.72 bits per heavy atom. The third-order valence-corrected chi connectivity index (χ3v) is 4.29. The molecule has 5 nitrogen and oxygen atoms in total. The molecule has 1 aromatic carbocycles. The minimum absolute atomic E-state index is 0.213. The Morgan fingerprint density at radius 2 is 2.12 bits per heavy atom. The summed E-state index contributed by atoms with van der Waals surface area (Å²) in [5.41, 5.74) is 4.43. The van der Waals surface area contributed by atoms with Gasteiger partial charge in [-0.05, 0) is 50.5 Å². The lowest BCUT2D eigenvalue weighted by molar-refractivity contribution is 0.475. The summed E-state index contributed by atoms with van der Waals surface area (Å²) in [7, 11) is 3.93. The molecule has 1 heterocycles. The fourth-order valence-electron chi connectivity index (χ4n) is 2.91. The van der Waals surface area contributed by atoms with Gasteiger partial charge in [-0.1, -0.05) is 12.1 Å². The predicted octanol–water partition coefficient (Wildman–Crippen LogP) is 2.82. The van der Waals surface area contributed by atoms with Crippen LogP contribution >= 0.6 is 0 Å². The van der Waals surface area contributed by atoms with E-state index >= 15 is 0 Å². The summed E-state index contributed by atoms with van der Waals surface area (Å²) < 4.78 is 15.3. The van der Waals surface area contributed by atoms with Crippen LogP contribution in [0, 0.1) is 19.7 Å². The molecule has 0 unspecified atom stereocenters. The van der Waals surface area contributed by atoms with Crippen molar-refractivity contribution in [1.82, 2.24) is 20.0 Å². The van der Waals surface area contributed by atoms with Gasteiger partial charge in [0.15, 0.2) is 5.96 Å². The number of nitrogens with one attached hydrogen (secondary N) is 1. The zero-order chi connectivity index (χ0) is 18.4. The Balaban J connectivity index is 2.04. The van der Waals surface area contributed by atoms with E-state index in [0.29, 0.717) is 13.1 Å². The zero-order valence-corrected chi connectivity index (χ0v) is 15.8. The first-order valence-electron chi connectivity index (χ1n) is 8.65. The van der Waals surface area contributed by atoms with Crippen LogP contribution in [-0.2, 0) is 20.0 Å². The highest BCUT2D eigenvalue weighted by atomic mass is 19.1. The van der Waals surface area contributed by atoms with Gasteiger partial charge in [-0.3, -0.25) is 9.67 Å². The monoisotopic (exact) mass is 345 g/mol. The number of aliphatic imine (C=N–C) groups is 1. The van der Waals surface area contributed by atoms with Crippen LogP contribution in [0.2, 0.25) is 0 Å². The second-order valence-corrected chi connectivity index (χ2v) is 6.24. The minimum atomic E-state index is -0.213. The molecule has 0 bridgehead atoms. The van der Waals surface area contributed by atoms with E-state index in [2.05, 4.69) is 17.3 Å². The standard InChI is InChI=1S/C19H28FN5/c1-6-21-19(24(4)13-16-8-7-9-17(20)12-16)22-11-10-18-14(2)23-25(5)15(18)3/h7-9,12H,6,10-11,13H2,1-5H3,(H,21,22). The van der Waals surface area contributed by atoms with E-state index in [1.54, 1.807) is 12.1 Å². The maximum atomic E-state index is 13.4. The molecule has 136 valence electrons. The van der Waals surface area contributed by atoms with E-state index in [0.717, 1.165) is 30.2 Å². The summed E-state index contributed by atoms with van der Waals surface area (Å²) >= 11 is 0. The number of hydrogen-bond donors (Lipinski definition) is 1. The second kappa shape index (κ2) is 8.65. The van der Waals surface area contributed by atoms with Crippen LogP contribution in [0.4, 0.5) is 4.39 Å². The number of nitrogens with zero attached hydrogens (tertiary/aromatic N) is 4. The fourth-order valence-corrected chi connectivity index (χ4v) is 2.91. The maximum absolute atomic E-state index is 13.4. The van der Waals surface area contributed by atoms with E-state index in [1.807, 2.05) is 43.6 Å². The Labute approximate surface area is 149 Å². The largest absolute Gasteiger partial charge is 0.357 e. The van der Waals surface area contributed by atoms with Crippen molar-refractivity contribution in [2.45, 2.75) is 33.7 Å². The molecule has 0 radical (unpaired) electrons. The molecule has 6 heteroatoms. The van der Waals surface area contributed by atoms with Gasteiger partial charge in [0.05, 0.1) is 5.69 Å². The second-order valence-electron chi connectivity index (χ2n) is 6.24. The number of rotatable bonds is 6. The molecule has 0 aliphatic carbocycles. The highest BCUT2D eigenvalue weighted by Crippen LogP contribution is 2.12. The highest BCUT2D eigenvalue weighted by molar-refractivity contribution is 5.79. The fraction of sp³-hybridized carbons (Fsp3) is 0.474. The van der Waals surface area contributed by atoms with Crippen molar-refractivity contribution in [2.24, 2.45) is 12.0 Å². The Kier molecular flexibility index (Phi) is 6.56. The molecule has 2 aromatic rings. The molecular weight excluding hydrogens is 317 g/mol. The molecule has 0 aliphatic rings. The van der Waals surface area contributed by atoms with Crippen molar-refractivity contribution in [3.8, 4) is 0 Å². The number of benzene rings is 1. The molecule has 0 saturated carbocycles. The molecule has 0 amide bonds. The summed E-state index contributed by atoms with van der Waals surface area (Å²) in [6, 6.07) is 6.67. The SMILES string of the molecule is CCNC(=NCCc1c(C)nn(C)c1C)N(C)Cc1cccc(F)c1. The molecule has 25 heavy (non-hydrogen) atoms. The normalized spacial score (nSPS) is 11.7. The Morgan fingerprint density at radius 1 is 1.36 bits per heavy atom. The van der Waals surface area contributed by atoms with Crippen molar-refractivity contribution in [3.63, 3.8) is 0 Å². The van der Waals surface area contributed by atoms with Crippen molar-refractivity contribution >= 4 is 5.96 Å². The van der Waals surface area contributed by atoms with Gasteiger partial charge in [0, 0.05) is 39.4 Å². The van der Waals surface area contributed by atoms with Gasteiger partial charge in [0.25, 0.3) is 0 Å². The van der Waals surface area contributed by atoms with E-state index in [1.165, 1.54) is 17.3 Å². The molecule has 2 rings (SSSR count). The van der Waals surface area contributed by atoms with E-state index in [9.17, 15) is 4.39 Å². The summed E-state index contributed by atoms with van der Waals surface area (Å²) in [6.45, 7) is 8.24. The van der Waals surface area contributed by atoms with Crippen molar-refractivity contribution in [3.05, 3.63) is 52.6 Å². The van der Waals surface area contributed by atoms with Crippen molar-refractivity contribution < 1.29 is 4.39 Å². The number of guanidine groups is 1. The average molecular weight is 345 g/mol. The molecule has 0 aliphatic heterocycles. The van der Waals surface area contributed by atoms with Crippen LogP contribution in [0.25, 0.3) is 0 Å². The van der Waals surface area contributed by atoms with Gasteiger partial charge in [0.1, 0.15) is 5.82 Å². The smallest absolute Gasteiger partial charge is 0.193 e. The molecule has 0 atom stereocenters. The average Bonchev–Trinajstić information content (AvgIpc) is 2.80. The number of hydrogen-bond acceptors (Lipinski definition) is 2. The lowest BCUT2D eigenvalue weighted by Gasteiger charge is -2.22. The summed E-state index contributed by atoms with van der Waals surface area (Å²) in [4.78, 5) is 6.73. The summed E-state index contributed by atoms with van der Waals surface area (Å²) in [5, 5.41) is 7.75. The summed E-state index contributed by atoms with van der Waals surface area (Å²) in [6.07, 6.45) is 0.855. The van der Waals surface area contributed by atoms with Crippen LogP contribution in [0.1, 0.15) is 29.4 Å². The van der Waals surface area contributed by atoms with E-state index in [4.69, 9.17) is 4.99 Å². The van der Waals surface area contributed by atoms with Crippen LogP contribution in [-0.4, -0.2) is 40.8 Å². The van der Waals surface area contributed by atoms with Crippen LogP contribution in [0.15, 0.2) is 29.3 Å². The van der Waals surface area contributed by atoms with Gasteiger partial charge in [-0.15, -0.1) is 0 Å². The van der Waals surface area contributed by atoms with Crippen molar-refractivity contribution in [1.29, 1.82) is 0 Å². The van der Waals surface area contributed by atoms with E-state index < -0.39 is 0 Å². The molecular formula is C19H28FN5. The number of aromatic nitrogens is 2. The van der Waals surface area contributed by atoms with E-state index in [-0.39, 0.29) is 5.82 Å². The van der Waals surface area contributed by atoms with Gasteiger partial charge in [-0.2, -0.15) is 5.10 Å². The first kappa shape index (κ1) is 19.0. The molecule has 1 N–H and O–H groups in total. The van der Waals surface area contributed by atoms with Gasteiger partial charge in [-0.25, -0.2) is 4.39 Å². The van der Waals surface area contributed by atoms with Gasteiger partial charge in [0.2, 0.25) is 0 Å². The third-order valence-electron chi connectivity index (χ3n) is 4.29. The zero-order valence-electron chi connectivity index (χ0n) is 15.8. The van der Waals surface area contributed by atoms with Crippen LogP contribution < -0.4 is 5.32 Å². The Hall–Kier alpha value is -2.37. The third kappa shape index (κ3) is 5.05. The van der Waals surface area contributed by atoms with Crippen LogP contribution in [0.5, 0.6) is 0 Å². The first-order chi connectivity index (χ1) is 11.9. The molecule has 1 aromatic heterocycles. The molecule has 0 fully saturated rings. The molecule has 0 saturated heterocycles. The van der Waals surface area contributed by atoms with Crippen LogP contribution in [0.3, 0.4) is 0 Å². The lowest BCUT2D eigenvalue weighted by atomic mass is 10.1. The maximum Gasteiger partial charge on any atom is 0.193 e. The number of aryl methyl sites for hydroxylation is 2. The highest BCUT2D eigenvalue weighted by Gasteiger charge is 2.10. The number of halogens is 1. The quantitative estimate of drug-likeness (QED) is 0.647. The molecule has 0 spiro atoms.